The number of rotatable bonds is 8. The average Bonchev–Trinajstić information content (AvgIpc) is 1.41. The van der Waals surface area contributed by atoms with E-state index >= 15 is 0 Å². The molecule has 74 heavy (non-hydrogen) atoms. The van der Waals surface area contributed by atoms with Crippen molar-refractivity contribution in [2.75, 3.05) is 0 Å². The Hall–Kier alpha value is -6.35. The molecular formula is C69H74N3OPt-. The van der Waals surface area contributed by atoms with E-state index in [0.29, 0.717) is 50.1 Å². The van der Waals surface area contributed by atoms with Gasteiger partial charge < -0.3 is 5.11 Å². The molecule has 0 spiro atoms. The molecule has 0 saturated heterocycles. The molecule has 0 aliphatic heterocycles. The van der Waals surface area contributed by atoms with Gasteiger partial charge >= 0.3 is 0 Å². The Bertz CT molecular complexity index is 4040. The van der Waals surface area contributed by atoms with Gasteiger partial charge in [-0.15, -0.1) is 29.3 Å². The predicted molar refractivity (Wildman–Crippen MR) is 310 cm³/mol. The van der Waals surface area contributed by atoms with E-state index in [9.17, 15) is 10.6 Å². The van der Waals surface area contributed by atoms with Crippen LogP contribution in [-0.4, -0.2) is 19.6 Å². The number of phenolic OH excluding ortho intramolecular Hbond substituents is 1. The third kappa shape index (κ3) is 11.2. The summed E-state index contributed by atoms with van der Waals surface area (Å²) >= 11 is 0. The summed E-state index contributed by atoms with van der Waals surface area (Å²) < 4.78 is 111. The number of fused-ring (bicyclic) bond motifs is 1. The van der Waals surface area contributed by atoms with Gasteiger partial charge in [0.05, 0.1) is 36.0 Å². The molecule has 9 aromatic rings. The maximum absolute atomic E-state index is 13.0. The molecule has 0 unspecified atom stereocenters. The first kappa shape index (κ1) is 40.0. The molecule has 0 aliphatic rings. The third-order valence-electron chi connectivity index (χ3n) is 13.2. The topological polar surface area (TPSA) is 50.9 Å². The van der Waals surface area contributed by atoms with E-state index in [4.69, 9.17) is 20.9 Å². The Morgan fingerprint density at radius 3 is 1.61 bits per heavy atom. The number of para-hydroxylation sites is 1. The minimum Gasteiger partial charge on any atom is -0.507 e. The Labute approximate surface area is 473 Å². The van der Waals surface area contributed by atoms with Crippen LogP contribution in [0.1, 0.15) is 148 Å². The van der Waals surface area contributed by atoms with Crippen LogP contribution in [0.25, 0.3) is 83.9 Å². The molecule has 7 aromatic carbocycles. The van der Waals surface area contributed by atoms with E-state index in [2.05, 4.69) is 59.7 Å². The molecule has 9 rings (SSSR count). The van der Waals surface area contributed by atoms with Crippen LogP contribution in [-0.2, 0) is 49.1 Å². The maximum atomic E-state index is 13.0. The monoisotopic (exact) mass is 1170 g/mol. The van der Waals surface area contributed by atoms with Gasteiger partial charge in [0.25, 0.3) is 0 Å². The van der Waals surface area contributed by atoms with Gasteiger partial charge in [0, 0.05) is 52.4 Å². The van der Waals surface area contributed by atoms with Crippen molar-refractivity contribution in [2.24, 2.45) is 5.41 Å². The van der Waals surface area contributed by atoms with Crippen LogP contribution >= 0.6 is 0 Å². The van der Waals surface area contributed by atoms with Gasteiger partial charge in [0.1, 0.15) is 11.6 Å². The molecule has 0 fully saturated rings. The van der Waals surface area contributed by atoms with Gasteiger partial charge in [-0.05, 0) is 103 Å². The molecule has 0 amide bonds. The summed E-state index contributed by atoms with van der Waals surface area (Å²) in [5.74, 6) is 0.0705. The van der Waals surface area contributed by atoms with E-state index in [1.807, 2.05) is 129 Å². The van der Waals surface area contributed by atoms with Gasteiger partial charge in [-0.3, -0.25) is 9.55 Å². The van der Waals surface area contributed by atoms with Crippen LogP contribution < -0.4 is 0 Å². The zero-order chi connectivity index (χ0) is 62.9. The van der Waals surface area contributed by atoms with Crippen LogP contribution in [0.3, 0.4) is 0 Å². The minimum absolute atomic E-state index is 0. The molecule has 1 N–H and O–H groups in total. The van der Waals surface area contributed by atoms with Crippen molar-refractivity contribution < 1.29 is 42.6 Å². The summed E-state index contributed by atoms with van der Waals surface area (Å²) in [6.45, 7) is 30.0. The summed E-state index contributed by atoms with van der Waals surface area (Å²) in [7, 11) is 0. The third-order valence-corrected chi connectivity index (χ3v) is 13.2. The van der Waals surface area contributed by atoms with Crippen molar-refractivity contribution >= 4 is 11.0 Å². The SMILES string of the molecule is [2H]c1c([2H])c([2H])c(-c2cc(C(C)(C)C)cc(-c3c([2H])c([2H])c([2H])c([2H])c3[2H])c2-n2c(-c3cc(C(C)(C)C)cc(C(C)(C)C)c3O)nc3c(-c4[c-]c(-c5cc(-c6ccc(C([2H])([2H])C(C)(C)C)cc6)ccn5)cc(C(C)(C)C)c4)cccc32)c([2H])c1[2H].[Pt]. The zero-order valence-electron chi connectivity index (χ0n) is 57.3. The van der Waals surface area contributed by atoms with Crippen molar-refractivity contribution in [3.05, 3.63) is 192 Å². The fraction of sp³-hybridized carbons (Fsp3) is 0.304. The van der Waals surface area contributed by atoms with Crippen molar-refractivity contribution in [3.8, 4) is 78.6 Å². The standard InChI is InChI=1S/C69H74N3O.Pt/c1-65(2,3)43-44-29-31-45(32-30-44)48-33-34-70-59(38-48)50-35-49(36-51(37-50)66(4,5)6)54-27-22-28-60-61(54)71-64(57-41-53(68(10,11)12)42-58(63(57)73)69(13,14)15)72(60)62-55(46-23-18-16-19-24-46)39-52(67(7,8)9)40-56(62)47-25-20-17-21-26-47;/h16-34,36-42,73H,43H2,1-15H3;/q-1;/i16D,17D,18D,19D,20D,21D,23D,24D,25D,26D,43D2;. The number of benzene rings is 7. The van der Waals surface area contributed by atoms with Crippen molar-refractivity contribution in [1.82, 2.24) is 14.5 Å². The molecular weight excluding hydrogens is 1080 g/mol. The molecule has 2 heterocycles. The van der Waals surface area contributed by atoms with Crippen molar-refractivity contribution in [3.63, 3.8) is 0 Å². The smallest absolute Gasteiger partial charge is 0.148 e. The maximum Gasteiger partial charge on any atom is 0.148 e. The average molecular weight is 1170 g/mol. The van der Waals surface area contributed by atoms with Gasteiger partial charge in [-0.25, -0.2) is 4.98 Å². The molecule has 382 valence electrons. The Kier molecular flexibility index (Phi) is 10.9. The summed E-state index contributed by atoms with van der Waals surface area (Å²) in [5.41, 5.74) is 5.96. The Morgan fingerprint density at radius 1 is 0.541 bits per heavy atom. The number of hydrogen-bond acceptors (Lipinski definition) is 3. The summed E-state index contributed by atoms with van der Waals surface area (Å²) in [6.07, 6.45) is 0.170. The first-order valence-electron chi connectivity index (χ1n) is 31.1. The largest absolute Gasteiger partial charge is 0.507 e. The molecule has 0 atom stereocenters. The molecule has 0 saturated carbocycles. The number of imidazole rings is 1. The van der Waals surface area contributed by atoms with E-state index < -0.39 is 93.9 Å². The van der Waals surface area contributed by atoms with E-state index in [-0.39, 0.29) is 66.1 Å². The van der Waals surface area contributed by atoms with Crippen molar-refractivity contribution in [1.29, 1.82) is 0 Å². The van der Waals surface area contributed by atoms with E-state index in [0.717, 1.165) is 22.3 Å². The minimum atomic E-state index is -1.57. The Balaban J connectivity index is 0.00000961. The predicted octanol–water partition coefficient (Wildman–Crippen LogP) is 18.7. The quantitative estimate of drug-likeness (QED) is 0.154. The number of hydrogen-bond donors (Lipinski definition) is 1. The van der Waals surface area contributed by atoms with E-state index in [1.165, 1.54) is 0 Å². The first-order chi connectivity index (χ1) is 39.2. The Morgan fingerprint density at radius 2 is 1.07 bits per heavy atom. The van der Waals surface area contributed by atoms with Crippen LogP contribution in [0, 0.1) is 11.5 Å². The molecule has 0 bridgehead atoms. The van der Waals surface area contributed by atoms with Crippen LogP contribution in [0.15, 0.2) is 158 Å². The number of phenols is 1. The van der Waals surface area contributed by atoms with Crippen LogP contribution in [0.5, 0.6) is 5.75 Å². The number of aromatic hydroxyl groups is 1. The summed E-state index contributed by atoms with van der Waals surface area (Å²) in [5, 5.41) is 13.0. The van der Waals surface area contributed by atoms with Gasteiger partial charge in [-0.2, -0.15) is 0 Å². The zero-order valence-corrected chi connectivity index (χ0v) is 47.6. The van der Waals surface area contributed by atoms with Gasteiger partial charge in [0.2, 0.25) is 0 Å². The fourth-order valence-corrected chi connectivity index (χ4v) is 9.21. The second-order valence-electron chi connectivity index (χ2n) is 24.4. The molecule has 0 aliphatic carbocycles. The van der Waals surface area contributed by atoms with Gasteiger partial charge in [0.15, 0.2) is 0 Å². The molecule has 0 radical (unpaired) electrons. The van der Waals surface area contributed by atoms with Crippen molar-refractivity contribution in [2.45, 2.75) is 132 Å². The number of nitrogens with zero attached hydrogens (tertiary/aromatic N) is 3. The summed E-state index contributed by atoms with van der Waals surface area (Å²) in [6, 6.07) is 26.6. The number of pyridine rings is 1. The normalized spacial score (nSPS) is 15.0. The first-order valence-corrected chi connectivity index (χ1v) is 25.1. The van der Waals surface area contributed by atoms with Crippen LogP contribution in [0.2, 0.25) is 0 Å². The fourth-order valence-electron chi connectivity index (χ4n) is 9.21. The van der Waals surface area contributed by atoms with E-state index in [1.54, 1.807) is 22.9 Å². The number of aromatic nitrogens is 3. The molecule has 5 heteroatoms. The second kappa shape index (κ2) is 20.1. The molecule has 4 nitrogen and oxygen atoms in total. The summed E-state index contributed by atoms with van der Waals surface area (Å²) in [4.78, 5) is 10.5. The molecule has 2 aromatic heterocycles. The van der Waals surface area contributed by atoms with Crippen LogP contribution in [0.4, 0.5) is 0 Å². The van der Waals surface area contributed by atoms with Gasteiger partial charge in [-0.1, -0.05) is 224 Å². The second-order valence-corrected chi connectivity index (χ2v) is 24.4.